The van der Waals surface area contributed by atoms with Gasteiger partial charge in [-0.1, -0.05) is 26.0 Å². The summed E-state index contributed by atoms with van der Waals surface area (Å²) in [5.41, 5.74) is 1.50. The summed E-state index contributed by atoms with van der Waals surface area (Å²) in [6.45, 7) is 5.75. The van der Waals surface area contributed by atoms with Gasteiger partial charge in [-0.3, -0.25) is 19.0 Å². The van der Waals surface area contributed by atoms with E-state index in [0.717, 1.165) is 18.2 Å². The second kappa shape index (κ2) is 12.0. The van der Waals surface area contributed by atoms with Crippen LogP contribution >= 0.6 is 0 Å². The summed E-state index contributed by atoms with van der Waals surface area (Å²) < 4.78 is 23.3. The predicted octanol–water partition coefficient (Wildman–Crippen LogP) is 5.03. The lowest BCUT2D eigenvalue weighted by Gasteiger charge is -2.15. The molecule has 0 spiro atoms. The zero-order valence-corrected chi connectivity index (χ0v) is 21.6. The molecule has 0 unspecified atom stereocenters. The largest absolute Gasteiger partial charge is 0.434 e. The molecule has 4 rings (SSSR count). The van der Waals surface area contributed by atoms with Crippen molar-refractivity contribution >= 4 is 35.2 Å². The highest BCUT2D eigenvalue weighted by atomic mass is 19.1. The standard InChI is InChI=1S/C28H27FN6O4/c1-4-7-8-19(5-2)35-20(6-3)10-11-21(28(35)38)27(37)31-18-9-12-23(22(29)15-18)39-26-14-13-25-32-24(30-17-36)16-34(25)33-26/h5,7-17H,4,6H2,1-3H3,(H,30,36)(H,31,37)/b8-7-,19-5+. The molecule has 11 heteroatoms. The van der Waals surface area contributed by atoms with Crippen molar-refractivity contribution in [2.45, 2.75) is 33.6 Å². The minimum atomic E-state index is -0.747. The van der Waals surface area contributed by atoms with Gasteiger partial charge in [0.15, 0.2) is 23.0 Å². The Labute approximate surface area is 223 Å². The highest BCUT2D eigenvalue weighted by molar-refractivity contribution is 6.04. The van der Waals surface area contributed by atoms with Crippen LogP contribution in [0.4, 0.5) is 15.9 Å². The lowest BCUT2D eigenvalue weighted by atomic mass is 10.1. The van der Waals surface area contributed by atoms with Crippen LogP contribution in [0.3, 0.4) is 0 Å². The quantitative estimate of drug-likeness (QED) is 0.219. The van der Waals surface area contributed by atoms with Crippen LogP contribution in [0.2, 0.25) is 0 Å². The number of hydrogen-bond donors (Lipinski definition) is 2. The molecule has 3 aromatic heterocycles. The summed E-state index contributed by atoms with van der Waals surface area (Å²) in [5, 5.41) is 9.20. The summed E-state index contributed by atoms with van der Waals surface area (Å²) in [4.78, 5) is 41.1. The molecule has 0 aliphatic carbocycles. The Hall–Kier alpha value is -5.06. The van der Waals surface area contributed by atoms with Gasteiger partial charge in [-0.25, -0.2) is 13.9 Å². The Kier molecular flexibility index (Phi) is 8.30. The lowest BCUT2D eigenvalue weighted by Crippen LogP contribution is -2.30. The van der Waals surface area contributed by atoms with Crippen LogP contribution in [-0.4, -0.2) is 31.5 Å². The van der Waals surface area contributed by atoms with Crippen LogP contribution in [0, 0.1) is 5.82 Å². The third kappa shape index (κ3) is 5.93. The number of carbonyl (C=O) groups excluding carboxylic acids is 2. The first-order chi connectivity index (χ1) is 18.9. The average Bonchev–Trinajstić information content (AvgIpc) is 3.33. The van der Waals surface area contributed by atoms with Crippen LogP contribution in [0.25, 0.3) is 11.3 Å². The smallest absolute Gasteiger partial charge is 0.268 e. The van der Waals surface area contributed by atoms with E-state index in [0.29, 0.717) is 30.0 Å². The molecular formula is C28H27FN6O4. The average molecular weight is 531 g/mol. The van der Waals surface area contributed by atoms with Gasteiger partial charge in [-0.05, 0) is 56.2 Å². The van der Waals surface area contributed by atoms with Crippen molar-refractivity contribution in [2.24, 2.45) is 0 Å². The number of amides is 2. The number of aryl methyl sites for hydroxylation is 1. The molecule has 0 atom stereocenters. The Balaban J connectivity index is 1.55. The number of imidazole rings is 1. The van der Waals surface area contributed by atoms with E-state index < -0.39 is 17.3 Å². The van der Waals surface area contributed by atoms with Crippen molar-refractivity contribution in [1.82, 2.24) is 19.2 Å². The highest BCUT2D eigenvalue weighted by Gasteiger charge is 2.17. The van der Waals surface area contributed by atoms with Gasteiger partial charge in [-0.15, -0.1) is 5.10 Å². The van der Waals surface area contributed by atoms with E-state index in [1.54, 1.807) is 12.1 Å². The first kappa shape index (κ1) is 27.0. The topological polar surface area (TPSA) is 120 Å². The molecule has 3 heterocycles. The van der Waals surface area contributed by atoms with Crippen molar-refractivity contribution in [3.63, 3.8) is 0 Å². The number of aromatic nitrogens is 4. The molecule has 10 nitrogen and oxygen atoms in total. The maximum absolute atomic E-state index is 14.9. The second-order valence-corrected chi connectivity index (χ2v) is 8.32. The second-order valence-electron chi connectivity index (χ2n) is 8.32. The molecule has 200 valence electrons. The van der Waals surface area contributed by atoms with Crippen molar-refractivity contribution in [2.75, 3.05) is 10.6 Å². The van der Waals surface area contributed by atoms with Gasteiger partial charge >= 0.3 is 0 Å². The fourth-order valence-corrected chi connectivity index (χ4v) is 3.87. The number of fused-ring (bicyclic) bond motifs is 1. The van der Waals surface area contributed by atoms with Crippen LogP contribution in [0.15, 0.2) is 71.7 Å². The molecule has 0 aliphatic heterocycles. The Morgan fingerprint density at radius 3 is 2.67 bits per heavy atom. The van der Waals surface area contributed by atoms with Crippen LogP contribution in [0.5, 0.6) is 11.6 Å². The Bertz CT molecular complexity index is 1650. The molecule has 2 amide bonds. The highest BCUT2D eigenvalue weighted by Crippen LogP contribution is 2.26. The first-order valence-corrected chi connectivity index (χ1v) is 12.3. The van der Waals surface area contributed by atoms with Crippen molar-refractivity contribution < 1.29 is 18.7 Å². The van der Waals surface area contributed by atoms with Gasteiger partial charge in [0, 0.05) is 29.2 Å². The Morgan fingerprint density at radius 1 is 1.15 bits per heavy atom. The van der Waals surface area contributed by atoms with Gasteiger partial charge < -0.3 is 15.4 Å². The molecule has 0 radical (unpaired) electrons. The third-order valence-corrected chi connectivity index (χ3v) is 5.75. The number of carbonyl (C=O) groups is 2. The molecule has 0 saturated heterocycles. The number of pyridine rings is 1. The first-order valence-electron chi connectivity index (χ1n) is 12.3. The number of benzene rings is 1. The maximum Gasteiger partial charge on any atom is 0.268 e. The van der Waals surface area contributed by atoms with Gasteiger partial charge in [0.2, 0.25) is 12.3 Å². The number of rotatable bonds is 10. The van der Waals surface area contributed by atoms with Gasteiger partial charge in [0.05, 0.1) is 6.20 Å². The molecule has 0 saturated carbocycles. The number of anilines is 2. The van der Waals surface area contributed by atoms with E-state index in [-0.39, 0.29) is 22.9 Å². The molecule has 1 aromatic carbocycles. The molecule has 2 N–H and O–H groups in total. The Morgan fingerprint density at radius 2 is 1.97 bits per heavy atom. The van der Waals surface area contributed by atoms with E-state index in [9.17, 15) is 18.8 Å². The lowest BCUT2D eigenvalue weighted by molar-refractivity contribution is -0.105. The van der Waals surface area contributed by atoms with E-state index in [4.69, 9.17) is 4.74 Å². The summed E-state index contributed by atoms with van der Waals surface area (Å²) in [6, 6.07) is 10.2. The zero-order valence-electron chi connectivity index (χ0n) is 21.6. The number of ether oxygens (including phenoxy) is 1. The summed E-state index contributed by atoms with van der Waals surface area (Å²) in [7, 11) is 0. The van der Waals surface area contributed by atoms with Gasteiger partial charge in [0.25, 0.3) is 11.5 Å². The molecular weight excluding hydrogens is 503 g/mol. The van der Waals surface area contributed by atoms with E-state index in [1.165, 1.54) is 39.5 Å². The predicted molar refractivity (Wildman–Crippen MR) is 147 cm³/mol. The fourth-order valence-electron chi connectivity index (χ4n) is 3.87. The SMILES string of the molecule is C/C=C(\C=C/CC)n1c(CC)ccc(C(=O)Nc2ccc(Oc3ccc4nc(NC=O)cn4n3)c(F)c2)c1=O. The van der Waals surface area contributed by atoms with Crippen molar-refractivity contribution in [3.05, 3.63) is 94.3 Å². The zero-order chi connectivity index (χ0) is 27.9. The maximum atomic E-state index is 14.9. The fraction of sp³-hybridized carbons (Fsp3) is 0.179. The monoisotopic (exact) mass is 530 g/mol. The number of nitrogens with one attached hydrogen (secondary N) is 2. The van der Waals surface area contributed by atoms with Crippen molar-refractivity contribution in [3.8, 4) is 11.6 Å². The van der Waals surface area contributed by atoms with Gasteiger partial charge in [0.1, 0.15) is 5.56 Å². The van der Waals surface area contributed by atoms with Crippen LogP contribution in [-0.2, 0) is 11.2 Å². The van der Waals surface area contributed by atoms with Crippen molar-refractivity contribution in [1.29, 1.82) is 0 Å². The molecule has 0 fully saturated rings. The van der Waals surface area contributed by atoms with E-state index in [1.807, 2.05) is 39.0 Å². The summed E-state index contributed by atoms with van der Waals surface area (Å²) in [6.07, 6.45) is 8.96. The van der Waals surface area contributed by atoms with Crippen LogP contribution < -0.4 is 20.9 Å². The third-order valence-electron chi connectivity index (χ3n) is 5.75. The van der Waals surface area contributed by atoms with Gasteiger partial charge in [-0.2, -0.15) is 0 Å². The molecule has 39 heavy (non-hydrogen) atoms. The van der Waals surface area contributed by atoms with Crippen LogP contribution in [0.1, 0.15) is 43.2 Å². The molecule has 0 aliphatic rings. The number of allylic oxidation sites excluding steroid dienone is 4. The number of hydrogen-bond acceptors (Lipinski definition) is 6. The normalized spacial score (nSPS) is 11.6. The van der Waals surface area contributed by atoms with E-state index in [2.05, 4.69) is 20.7 Å². The number of halogens is 1. The number of nitrogens with zero attached hydrogens (tertiary/aromatic N) is 4. The summed E-state index contributed by atoms with van der Waals surface area (Å²) >= 11 is 0. The minimum Gasteiger partial charge on any atom is -0.434 e. The molecule has 4 aromatic rings. The van der Waals surface area contributed by atoms with E-state index >= 15 is 0 Å². The summed E-state index contributed by atoms with van der Waals surface area (Å²) in [5.74, 6) is -1.14. The molecule has 0 bridgehead atoms. The minimum absolute atomic E-state index is 0.0709.